The molecule has 6 nitrogen and oxygen atoms in total. The third-order valence-electron chi connectivity index (χ3n) is 4.98. The molecule has 1 N–H and O–H groups in total. The summed E-state index contributed by atoms with van der Waals surface area (Å²) in [6.07, 6.45) is 0.679. The molecule has 3 aromatic carbocycles. The molecule has 0 atom stereocenters. The molecule has 0 bridgehead atoms. The van der Waals surface area contributed by atoms with E-state index in [1.54, 1.807) is 72.4 Å². The lowest BCUT2D eigenvalue weighted by molar-refractivity contribution is -0.119. The van der Waals surface area contributed by atoms with Gasteiger partial charge in [0.05, 0.1) is 17.7 Å². The van der Waals surface area contributed by atoms with Crippen molar-refractivity contribution in [3.63, 3.8) is 0 Å². The molecule has 0 unspecified atom stereocenters. The molecule has 0 aromatic heterocycles. The van der Waals surface area contributed by atoms with Crippen molar-refractivity contribution in [1.82, 2.24) is 5.32 Å². The van der Waals surface area contributed by atoms with Crippen LogP contribution in [0.15, 0.2) is 83.8 Å². The van der Waals surface area contributed by atoms with Crippen molar-refractivity contribution in [2.75, 3.05) is 30.3 Å². The van der Waals surface area contributed by atoms with E-state index in [0.29, 0.717) is 35.7 Å². The number of thioether (sulfide) groups is 1. The van der Waals surface area contributed by atoms with Crippen molar-refractivity contribution in [3.05, 3.63) is 90.2 Å². The number of ether oxygens (including phenoxy) is 1. The number of amides is 1. The summed E-state index contributed by atoms with van der Waals surface area (Å²) in [4.78, 5) is 12.7. The van der Waals surface area contributed by atoms with Crippen LogP contribution in [0.2, 0.25) is 0 Å². The number of methoxy groups -OCH3 is 1. The van der Waals surface area contributed by atoms with Crippen LogP contribution >= 0.6 is 11.8 Å². The minimum absolute atomic E-state index is 0.100. The third-order valence-corrected chi connectivity index (χ3v) is 7.86. The average Bonchev–Trinajstić information content (AvgIpc) is 2.86. The van der Waals surface area contributed by atoms with E-state index in [4.69, 9.17) is 4.74 Å². The second-order valence-electron chi connectivity index (χ2n) is 7.37. The van der Waals surface area contributed by atoms with Gasteiger partial charge in [-0.2, -0.15) is 11.8 Å². The van der Waals surface area contributed by atoms with Crippen molar-refractivity contribution in [2.45, 2.75) is 17.1 Å². The summed E-state index contributed by atoms with van der Waals surface area (Å²) in [7, 11) is -2.43. The Labute approximate surface area is 204 Å². The van der Waals surface area contributed by atoms with Gasteiger partial charge in [0.15, 0.2) is 0 Å². The van der Waals surface area contributed by atoms with Gasteiger partial charge in [-0.05, 0) is 60.2 Å². The van der Waals surface area contributed by atoms with Gasteiger partial charge in [-0.15, -0.1) is 0 Å². The maximum Gasteiger partial charge on any atom is 0.264 e. The molecule has 0 fully saturated rings. The zero-order valence-electron chi connectivity index (χ0n) is 18.8. The van der Waals surface area contributed by atoms with Crippen LogP contribution < -0.4 is 14.4 Å². The van der Waals surface area contributed by atoms with Crippen LogP contribution in [-0.2, 0) is 20.6 Å². The summed E-state index contributed by atoms with van der Waals surface area (Å²) >= 11 is 1.58. The van der Waals surface area contributed by atoms with Crippen LogP contribution in [0.3, 0.4) is 0 Å². The van der Waals surface area contributed by atoms with Gasteiger partial charge in [-0.25, -0.2) is 12.8 Å². The molecule has 0 spiro atoms. The van der Waals surface area contributed by atoms with Crippen LogP contribution in [0.25, 0.3) is 0 Å². The molecular formula is C25H27FN2O4S2. The minimum Gasteiger partial charge on any atom is -0.497 e. The van der Waals surface area contributed by atoms with E-state index in [1.165, 1.54) is 25.3 Å². The molecule has 180 valence electrons. The molecule has 9 heteroatoms. The van der Waals surface area contributed by atoms with E-state index in [2.05, 4.69) is 5.32 Å². The van der Waals surface area contributed by atoms with Gasteiger partial charge in [0.25, 0.3) is 10.0 Å². The predicted molar refractivity (Wildman–Crippen MR) is 134 cm³/mol. The van der Waals surface area contributed by atoms with Crippen LogP contribution in [0.1, 0.15) is 12.0 Å². The average molecular weight is 503 g/mol. The summed E-state index contributed by atoms with van der Waals surface area (Å²) < 4.78 is 46.5. The lowest BCUT2D eigenvalue weighted by Crippen LogP contribution is -2.41. The number of nitrogens with one attached hydrogen (secondary N) is 1. The van der Waals surface area contributed by atoms with E-state index in [0.717, 1.165) is 10.1 Å². The maximum atomic E-state index is 13.7. The van der Waals surface area contributed by atoms with Gasteiger partial charge < -0.3 is 10.1 Å². The van der Waals surface area contributed by atoms with Crippen LogP contribution in [0.4, 0.5) is 10.1 Å². The number of anilines is 1. The highest BCUT2D eigenvalue weighted by Gasteiger charge is 2.27. The fraction of sp³-hybridized carbons (Fsp3) is 0.240. The van der Waals surface area contributed by atoms with Gasteiger partial charge in [0.1, 0.15) is 18.1 Å². The monoisotopic (exact) mass is 502 g/mol. The summed E-state index contributed by atoms with van der Waals surface area (Å²) in [5, 5.41) is 2.78. The van der Waals surface area contributed by atoms with E-state index in [9.17, 15) is 17.6 Å². The normalized spacial score (nSPS) is 11.1. The molecule has 34 heavy (non-hydrogen) atoms. The number of hydrogen-bond donors (Lipinski definition) is 1. The van der Waals surface area contributed by atoms with Crippen molar-refractivity contribution in [1.29, 1.82) is 0 Å². The molecule has 0 saturated carbocycles. The van der Waals surface area contributed by atoms with Crippen LogP contribution in [-0.4, -0.2) is 40.3 Å². The minimum atomic E-state index is -3.95. The lowest BCUT2D eigenvalue weighted by atomic mass is 10.2. The highest BCUT2D eigenvalue weighted by atomic mass is 32.2. The van der Waals surface area contributed by atoms with Crippen LogP contribution in [0, 0.1) is 5.82 Å². The molecule has 3 rings (SSSR count). The topological polar surface area (TPSA) is 75.7 Å². The van der Waals surface area contributed by atoms with E-state index in [-0.39, 0.29) is 17.3 Å². The Kier molecular flexibility index (Phi) is 9.35. The second-order valence-corrected chi connectivity index (χ2v) is 10.3. The molecule has 0 aliphatic heterocycles. The first-order valence-electron chi connectivity index (χ1n) is 10.7. The van der Waals surface area contributed by atoms with E-state index < -0.39 is 15.9 Å². The van der Waals surface area contributed by atoms with E-state index in [1.807, 2.05) is 0 Å². The summed E-state index contributed by atoms with van der Waals surface area (Å²) in [5.41, 5.74) is 1.01. The fourth-order valence-electron chi connectivity index (χ4n) is 3.17. The van der Waals surface area contributed by atoms with Gasteiger partial charge in [-0.3, -0.25) is 9.10 Å². The molecule has 0 saturated heterocycles. The van der Waals surface area contributed by atoms with Gasteiger partial charge >= 0.3 is 0 Å². The number of sulfonamides is 1. The molecule has 0 aliphatic carbocycles. The Bertz CT molecular complexity index is 1170. The summed E-state index contributed by atoms with van der Waals surface area (Å²) in [5.74, 6) is 1.24. The largest absolute Gasteiger partial charge is 0.497 e. The number of benzene rings is 3. The van der Waals surface area contributed by atoms with Gasteiger partial charge in [-0.1, -0.05) is 36.4 Å². The Balaban J connectivity index is 1.58. The zero-order chi connectivity index (χ0) is 24.4. The highest BCUT2D eigenvalue weighted by molar-refractivity contribution is 7.98. The molecular weight excluding hydrogens is 475 g/mol. The second kappa shape index (κ2) is 12.4. The van der Waals surface area contributed by atoms with Gasteiger partial charge in [0.2, 0.25) is 5.91 Å². The Hall–Kier alpha value is -3.04. The number of nitrogens with zero attached hydrogens (tertiary/aromatic N) is 1. The number of rotatable bonds is 12. The highest BCUT2D eigenvalue weighted by Crippen LogP contribution is 2.25. The molecule has 0 radical (unpaired) electrons. The molecule has 3 aromatic rings. The molecule has 0 aliphatic rings. The van der Waals surface area contributed by atoms with Crippen LogP contribution in [0.5, 0.6) is 5.75 Å². The first-order valence-corrected chi connectivity index (χ1v) is 13.3. The summed E-state index contributed by atoms with van der Waals surface area (Å²) in [6.45, 7) is 0.0386. The number of carbonyl (C=O) groups excluding carboxylic acids is 1. The number of hydrogen-bond acceptors (Lipinski definition) is 5. The maximum absolute atomic E-state index is 13.7. The SMILES string of the molecule is COc1ccc(N(CC(=O)NCCCSCc2ccccc2F)S(=O)(=O)c2ccccc2)cc1. The first kappa shape index (κ1) is 25.6. The lowest BCUT2D eigenvalue weighted by Gasteiger charge is -2.24. The third kappa shape index (κ3) is 6.98. The van der Waals surface area contributed by atoms with E-state index >= 15 is 0 Å². The van der Waals surface area contributed by atoms with Crippen molar-refractivity contribution < 1.29 is 22.3 Å². The first-order chi connectivity index (χ1) is 16.4. The Morgan fingerprint density at radius 3 is 2.35 bits per heavy atom. The molecule has 0 heterocycles. The number of halogens is 1. The van der Waals surface area contributed by atoms with Crippen molar-refractivity contribution in [2.24, 2.45) is 0 Å². The number of carbonyl (C=O) groups is 1. The standard InChI is InChI=1S/C25H27FN2O4S2/c1-32-22-14-12-21(13-15-22)28(34(30,31)23-9-3-2-4-10-23)18-25(29)27-16-7-17-33-19-20-8-5-6-11-24(20)26/h2-6,8-15H,7,16-19H2,1H3,(H,27,29). The smallest absolute Gasteiger partial charge is 0.264 e. The Morgan fingerprint density at radius 2 is 1.68 bits per heavy atom. The van der Waals surface area contributed by atoms with Crippen molar-refractivity contribution in [3.8, 4) is 5.75 Å². The van der Waals surface area contributed by atoms with Crippen molar-refractivity contribution >= 4 is 33.4 Å². The molecule has 1 amide bonds. The van der Waals surface area contributed by atoms with Gasteiger partial charge in [0, 0.05) is 12.3 Å². The fourth-order valence-corrected chi connectivity index (χ4v) is 5.56. The Morgan fingerprint density at radius 1 is 1.00 bits per heavy atom. The quantitative estimate of drug-likeness (QED) is 0.370. The summed E-state index contributed by atoms with van der Waals surface area (Å²) in [6, 6.07) is 21.2. The predicted octanol–water partition coefficient (Wildman–Crippen LogP) is 4.47. The zero-order valence-corrected chi connectivity index (χ0v) is 20.4.